The van der Waals surface area contributed by atoms with E-state index in [9.17, 15) is 19.5 Å². The molecule has 0 fully saturated rings. The highest BCUT2D eigenvalue weighted by atomic mass is 35.5. The number of carboxylic acid groups (broad SMARTS) is 1. The molecule has 0 aromatic heterocycles. The third kappa shape index (κ3) is 11.6. The number of nitrogens with one attached hydrogen (secondary N) is 1. The Morgan fingerprint density at radius 1 is 0.757 bits per heavy atom. The molecule has 0 atom stereocenters. The topological polar surface area (TPSA) is 86.7 Å². The summed E-state index contributed by atoms with van der Waals surface area (Å²) in [6.07, 6.45) is 12.5. The van der Waals surface area contributed by atoms with Crippen LogP contribution in [0.3, 0.4) is 0 Å². The van der Waals surface area contributed by atoms with E-state index in [1.807, 2.05) is 0 Å². The number of unbranched alkanes of at least 4 members (excludes halogenated alkanes) is 9. The molecule has 8 heteroatoms. The van der Waals surface area contributed by atoms with Crippen LogP contribution in [-0.4, -0.2) is 34.3 Å². The van der Waals surface area contributed by atoms with Gasteiger partial charge in [0.25, 0.3) is 5.91 Å². The van der Waals surface area contributed by atoms with E-state index in [4.69, 9.17) is 23.2 Å². The number of hydrogen-bond donors (Lipinski definition) is 2. The minimum absolute atomic E-state index is 0.0586. The fraction of sp³-hybridized carbons (Fsp3) is 0.483. The molecule has 0 aliphatic heterocycles. The maximum absolute atomic E-state index is 12.5. The summed E-state index contributed by atoms with van der Waals surface area (Å²) < 4.78 is 0. The number of amides is 2. The van der Waals surface area contributed by atoms with Crippen molar-refractivity contribution in [3.63, 3.8) is 0 Å². The van der Waals surface area contributed by atoms with E-state index in [0.29, 0.717) is 33.3 Å². The first-order chi connectivity index (χ1) is 17.8. The van der Waals surface area contributed by atoms with E-state index < -0.39 is 11.9 Å². The summed E-state index contributed by atoms with van der Waals surface area (Å²) in [5.41, 5.74) is 1.89. The fourth-order valence-corrected chi connectivity index (χ4v) is 4.41. The smallest absolute Gasteiger partial charge is 0.394 e. The van der Waals surface area contributed by atoms with Gasteiger partial charge < -0.3 is 15.3 Å². The molecule has 37 heavy (non-hydrogen) atoms. The molecular formula is C29H38Cl2N2O4. The van der Waals surface area contributed by atoms with E-state index in [0.717, 1.165) is 12.8 Å². The zero-order chi connectivity index (χ0) is 27.0. The van der Waals surface area contributed by atoms with Gasteiger partial charge >= 0.3 is 11.9 Å². The zero-order valence-electron chi connectivity index (χ0n) is 21.6. The van der Waals surface area contributed by atoms with Gasteiger partial charge in [-0.05, 0) is 41.8 Å². The van der Waals surface area contributed by atoms with Crippen LogP contribution in [-0.2, 0) is 22.7 Å². The lowest BCUT2D eigenvalue weighted by Gasteiger charge is -2.21. The number of carbonyl (C=O) groups is 3. The summed E-state index contributed by atoms with van der Waals surface area (Å²) in [4.78, 5) is 37.3. The number of benzene rings is 2. The number of aliphatic carboxylic acids is 1. The molecule has 0 aliphatic carbocycles. The van der Waals surface area contributed by atoms with Crippen LogP contribution in [0.25, 0.3) is 0 Å². The fourth-order valence-electron chi connectivity index (χ4n) is 4.09. The normalized spacial score (nSPS) is 10.8. The van der Waals surface area contributed by atoms with Crippen molar-refractivity contribution >= 4 is 41.0 Å². The number of nitrogens with zero attached hydrogens (tertiary/aromatic N) is 1. The predicted molar refractivity (Wildman–Crippen MR) is 149 cm³/mol. The van der Waals surface area contributed by atoms with Crippen LogP contribution in [0.1, 0.15) is 92.6 Å². The molecule has 0 spiro atoms. The van der Waals surface area contributed by atoms with Crippen LogP contribution in [0, 0.1) is 0 Å². The quantitative estimate of drug-likeness (QED) is 0.171. The van der Waals surface area contributed by atoms with Gasteiger partial charge in [0.15, 0.2) is 0 Å². The van der Waals surface area contributed by atoms with Gasteiger partial charge in [-0.15, -0.1) is 0 Å². The molecule has 2 N–H and O–H groups in total. The minimum Gasteiger partial charge on any atom is -0.474 e. The van der Waals surface area contributed by atoms with Crippen LogP contribution in [0.2, 0.25) is 10.0 Å². The summed E-state index contributed by atoms with van der Waals surface area (Å²) in [5.74, 6) is -2.70. The molecule has 0 radical (unpaired) electrons. The lowest BCUT2D eigenvalue weighted by atomic mass is 10.1. The van der Waals surface area contributed by atoms with E-state index >= 15 is 0 Å². The summed E-state index contributed by atoms with van der Waals surface area (Å²) in [7, 11) is 0. The third-order valence-corrected chi connectivity index (χ3v) is 6.97. The monoisotopic (exact) mass is 548 g/mol. The van der Waals surface area contributed by atoms with E-state index in [2.05, 4.69) is 12.2 Å². The third-order valence-electron chi connectivity index (χ3n) is 6.23. The summed E-state index contributed by atoms with van der Waals surface area (Å²) in [6, 6.07) is 11.7. The first kappa shape index (κ1) is 30.7. The Bertz CT molecular complexity index is 1010. The van der Waals surface area contributed by atoms with Crippen LogP contribution in [0.15, 0.2) is 42.5 Å². The Morgan fingerprint density at radius 2 is 1.30 bits per heavy atom. The molecule has 0 saturated carbocycles. The second kappa shape index (κ2) is 17.0. The Labute approximate surface area is 230 Å². The van der Waals surface area contributed by atoms with Crippen molar-refractivity contribution in [3.05, 3.63) is 69.2 Å². The Balaban J connectivity index is 1.78. The average molecular weight is 550 g/mol. The van der Waals surface area contributed by atoms with Crippen molar-refractivity contribution in [1.29, 1.82) is 0 Å². The lowest BCUT2D eigenvalue weighted by molar-refractivity contribution is -0.156. The Hall–Kier alpha value is -2.57. The van der Waals surface area contributed by atoms with Crippen LogP contribution < -0.4 is 5.32 Å². The first-order valence-electron chi connectivity index (χ1n) is 13.1. The second-order valence-electron chi connectivity index (χ2n) is 9.35. The summed E-state index contributed by atoms with van der Waals surface area (Å²) in [5, 5.41) is 12.9. The number of halogens is 2. The van der Waals surface area contributed by atoms with Crippen LogP contribution in [0.5, 0.6) is 0 Å². The molecule has 2 rings (SSSR count). The molecule has 6 nitrogen and oxygen atoms in total. The Kier molecular flexibility index (Phi) is 14.1. The maximum Gasteiger partial charge on any atom is 0.394 e. The molecule has 0 heterocycles. The van der Waals surface area contributed by atoms with E-state index in [-0.39, 0.29) is 19.0 Å². The average Bonchev–Trinajstić information content (AvgIpc) is 2.88. The molecule has 2 aromatic rings. The van der Waals surface area contributed by atoms with Gasteiger partial charge in [0.1, 0.15) is 0 Å². The van der Waals surface area contributed by atoms with Crippen molar-refractivity contribution < 1.29 is 19.5 Å². The summed E-state index contributed by atoms with van der Waals surface area (Å²) in [6.45, 7) is 3.01. The van der Waals surface area contributed by atoms with Gasteiger partial charge in [-0.1, -0.05) is 106 Å². The van der Waals surface area contributed by atoms with Crippen molar-refractivity contribution in [2.24, 2.45) is 0 Å². The van der Waals surface area contributed by atoms with Gasteiger partial charge in [0, 0.05) is 25.2 Å². The molecule has 0 bridgehead atoms. The van der Waals surface area contributed by atoms with Crippen molar-refractivity contribution in [3.8, 4) is 0 Å². The highest BCUT2D eigenvalue weighted by molar-refractivity contribution is 6.42. The standard InChI is InChI=1S/C29H38Cl2N2O4/c1-2-3-4-5-6-7-8-9-10-11-18-32-27(34)24-15-12-22(13-16-24)20-33(28(35)29(36)37)21-23-14-17-25(30)26(31)19-23/h12-17,19H,2-11,18,20-21H2,1H3,(H,32,34)(H,36,37). The number of hydrogen-bond acceptors (Lipinski definition) is 3. The van der Waals surface area contributed by atoms with Gasteiger partial charge in [-0.3, -0.25) is 9.59 Å². The highest BCUT2D eigenvalue weighted by Crippen LogP contribution is 2.24. The van der Waals surface area contributed by atoms with Gasteiger partial charge in [-0.25, -0.2) is 4.79 Å². The van der Waals surface area contributed by atoms with Crippen molar-refractivity contribution in [2.45, 2.75) is 84.2 Å². The predicted octanol–water partition coefficient (Wildman–Crippen LogP) is 7.26. The number of rotatable bonds is 16. The van der Waals surface area contributed by atoms with Gasteiger partial charge in [-0.2, -0.15) is 0 Å². The SMILES string of the molecule is CCCCCCCCCCCCNC(=O)c1ccc(CN(Cc2ccc(Cl)c(Cl)c2)C(=O)C(=O)O)cc1. The second-order valence-corrected chi connectivity index (χ2v) is 10.2. The Morgan fingerprint density at radius 3 is 1.86 bits per heavy atom. The van der Waals surface area contributed by atoms with Crippen molar-refractivity contribution in [1.82, 2.24) is 10.2 Å². The molecular weight excluding hydrogens is 511 g/mol. The molecule has 202 valence electrons. The molecule has 2 amide bonds. The van der Waals surface area contributed by atoms with Crippen LogP contribution >= 0.6 is 23.2 Å². The van der Waals surface area contributed by atoms with Crippen molar-refractivity contribution in [2.75, 3.05) is 6.54 Å². The lowest BCUT2D eigenvalue weighted by Crippen LogP contribution is -2.35. The van der Waals surface area contributed by atoms with Gasteiger partial charge in [0.05, 0.1) is 10.0 Å². The van der Waals surface area contributed by atoms with Gasteiger partial charge in [0.2, 0.25) is 0 Å². The summed E-state index contributed by atoms with van der Waals surface area (Å²) >= 11 is 12.0. The highest BCUT2D eigenvalue weighted by Gasteiger charge is 2.22. The van der Waals surface area contributed by atoms with E-state index in [1.54, 1.807) is 42.5 Å². The first-order valence-corrected chi connectivity index (χ1v) is 13.9. The van der Waals surface area contributed by atoms with E-state index in [1.165, 1.54) is 56.3 Å². The number of carboxylic acids is 1. The minimum atomic E-state index is -1.54. The molecule has 0 aliphatic rings. The largest absolute Gasteiger partial charge is 0.474 e. The molecule has 0 unspecified atom stereocenters. The zero-order valence-corrected chi connectivity index (χ0v) is 23.1. The maximum atomic E-state index is 12.5. The number of carbonyl (C=O) groups excluding carboxylic acids is 2. The molecule has 2 aromatic carbocycles. The molecule has 0 saturated heterocycles. The van der Waals surface area contributed by atoms with Crippen LogP contribution in [0.4, 0.5) is 0 Å².